The molecule has 0 aliphatic heterocycles. The Morgan fingerprint density at radius 3 is 2.55 bits per heavy atom. The largest absolute Gasteiger partial charge is 0.369 e. The summed E-state index contributed by atoms with van der Waals surface area (Å²) in [4.78, 5) is 4.09. The molecule has 0 spiro atoms. The number of rotatable bonds is 1. The van der Waals surface area contributed by atoms with Crippen molar-refractivity contribution >= 4 is 40.2 Å². The van der Waals surface area contributed by atoms with Crippen LogP contribution in [0.5, 0.6) is 0 Å². The summed E-state index contributed by atoms with van der Waals surface area (Å²) in [6, 6.07) is 6.61. The first-order chi connectivity index (χ1) is 9.47. The Hall–Kier alpha value is -1.85. The Balaban J connectivity index is 2.38. The first-order valence-corrected chi connectivity index (χ1v) is 6.31. The van der Waals surface area contributed by atoms with E-state index in [9.17, 15) is 8.78 Å². The second kappa shape index (κ2) is 4.61. The molecule has 3 rings (SSSR count). The third kappa shape index (κ3) is 1.99. The Labute approximate surface area is 122 Å². The Morgan fingerprint density at radius 1 is 1.10 bits per heavy atom. The molecule has 2 N–H and O–H groups in total. The molecule has 0 unspecified atom stereocenters. The van der Waals surface area contributed by atoms with Crippen molar-refractivity contribution in [1.29, 1.82) is 0 Å². The van der Waals surface area contributed by atoms with E-state index in [1.54, 1.807) is 18.2 Å². The van der Waals surface area contributed by atoms with Gasteiger partial charge in [0.05, 0.1) is 16.1 Å². The van der Waals surface area contributed by atoms with Crippen LogP contribution in [0, 0.1) is 11.6 Å². The highest BCUT2D eigenvalue weighted by Crippen LogP contribution is 2.31. The summed E-state index contributed by atoms with van der Waals surface area (Å²) in [6.07, 6.45) is 0. The number of hydrogen-bond donors (Lipinski definition) is 1. The summed E-state index contributed by atoms with van der Waals surface area (Å²) in [5.74, 6) is -1.55. The number of nitrogens with two attached hydrogens (primary N) is 1. The molecular formula is C13H7Cl2F2N3. The third-order valence-corrected chi connectivity index (χ3v) is 3.37. The zero-order valence-electron chi connectivity index (χ0n) is 9.87. The molecule has 1 aromatic heterocycles. The summed E-state index contributed by atoms with van der Waals surface area (Å²) in [5, 5.41) is 0.385. The van der Waals surface area contributed by atoms with Crippen molar-refractivity contribution < 1.29 is 8.78 Å². The van der Waals surface area contributed by atoms with Crippen LogP contribution < -0.4 is 5.73 Å². The fourth-order valence-electron chi connectivity index (χ4n) is 2.06. The number of halogens is 4. The number of imidazole rings is 1. The number of aromatic nitrogens is 2. The van der Waals surface area contributed by atoms with Gasteiger partial charge in [0.15, 0.2) is 5.82 Å². The molecule has 0 bridgehead atoms. The highest BCUT2D eigenvalue weighted by Gasteiger charge is 2.18. The van der Waals surface area contributed by atoms with Crippen LogP contribution in [-0.2, 0) is 0 Å². The van der Waals surface area contributed by atoms with Crippen LogP contribution in [0.3, 0.4) is 0 Å². The molecule has 7 heteroatoms. The molecule has 3 nitrogen and oxygen atoms in total. The molecule has 20 heavy (non-hydrogen) atoms. The molecule has 0 aliphatic carbocycles. The molecule has 3 aromatic rings. The minimum atomic E-state index is -0.823. The quantitative estimate of drug-likeness (QED) is 0.732. The average Bonchev–Trinajstić information content (AvgIpc) is 2.64. The van der Waals surface area contributed by atoms with Crippen molar-refractivity contribution in [3.63, 3.8) is 0 Å². The fraction of sp³-hybridized carbons (Fsp3) is 0. The van der Waals surface area contributed by atoms with E-state index >= 15 is 0 Å². The Kier molecular flexibility index (Phi) is 3.03. The summed E-state index contributed by atoms with van der Waals surface area (Å²) in [7, 11) is 0. The van der Waals surface area contributed by atoms with Crippen LogP contribution in [0.4, 0.5) is 14.7 Å². The van der Waals surface area contributed by atoms with Gasteiger partial charge in [-0.2, -0.15) is 0 Å². The maximum atomic E-state index is 14.0. The SMILES string of the molecule is Nc1nc2cc(Cl)ccc2n1-c1c(F)cc(F)cc1Cl. The normalized spacial score (nSPS) is 11.2. The average molecular weight is 314 g/mol. The second-order valence-corrected chi connectivity index (χ2v) is 5.00. The van der Waals surface area contributed by atoms with Gasteiger partial charge in [-0.3, -0.25) is 4.57 Å². The highest BCUT2D eigenvalue weighted by atomic mass is 35.5. The monoisotopic (exact) mass is 313 g/mol. The molecule has 1 heterocycles. The van der Waals surface area contributed by atoms with Crippen LogP contribution in [-0.4, -0.2) is 9.55 Å². The Morgan fingerprint density at radius 2 is 1.85 bits per heavy atom. The summed E-state index contributed by atoms with van der Waals surface area (Å²) < 4.78 is 28.4. The van der Waals surface area contributed by atoms with Gasteiger partial charge >= 0.3 is 0 Å². The molecular weight excluding hydrogens is 307 g/mol. The van der Waals surface area contributed by atoms with E-state index < -0.39 is 11.6 Å². The van der Waals surface area contributed by atoms with Crippen molar-refractivity contribution in [2.45, 2.75) is 0 Å². The van der Waals surface area contributed by atoms with Crippen molar-refractivity contribution in [3.8, 4) is 5.69 Å². The van der Waals surface area contributed by atoms with E-state index in [0.29, 0.717) is 16.1 Å². The topological polar surface area (TPSA) is 43.8 Å². The standard InChI is InChI=1S/C13H7Cl2F2N3/c14-6-1-2-11-10(3-6)19-13(18)20(11)12-8(15)4-7(16)5-9(12)17/h1-5H,(H2,18,19). The molecule has 0 radical (unpaired) electrons. The van der Waals surface area contributed by atoms with Gasteiger partial charge in [-0.15, -0.1) is 0 Å². The van der Waals surface area contributed by atoms with E-state index in [0.717, 1.165) is 12.1 Å². The number of nitrogen functional groups attached to an aromatic ring is 1. The Bertz CT molecular complexity index is 807. The summed E-state index contributed by atoms with van der Waals surface area (Å²) in [6.45, 7) is 0. The molecule has 0 amide bonds. The van der Waals surface area contributed by atoms with Crippen LogP contribution >= 0.6 is 23.2 Å². The fourth-order valence-corrected chi connectivity index (χ4v) is 2.50. The van der Waals surface area contributed by atoms with Gasteiger partial charge < -0.3 is 5.73 Å². The lowest BCUT2D eigenvalue weighted by Crippen LogP contribution is -2.04. The molecule has 0 atom stereocenters. The number of benzene rings is 2. The lowest BCUT2D eigenvalue weighted by Gasteiger charge is -2.10. The van der Waals surface area contributed by atoms with Gasteiger partial charge in [0.25, 0.3) is 0 Å². The van der Waals surface area contributed by atoms with Crippen LogP contribution in [0.25, 0.3) is 16.7 Å². The van der Waals surface area contributed by atoms with Gasteiger partial charge in [0, 0.05) is 11.1 Å². The maximum Gasteiger partial charge on any atom is 0.206 e. The maximum absolute atomic E-state index is 14.0. The van der Waals surface area contributed by atoms with Gasteiger partial charge in [0.2, 0.25) is 5.95 Å². The van der Waals surface area contributed by atoms with Crippen molar-refractivity contribution in [1.82, 2.24) is 9.55 Å². The smallest absolute Gasteiger partial charge is 0.206 e. The van der Waals surface area contributed by atoms with Crippen LogP contribution in [0.1, 0.15) is 0 Å². The van der Waals surface area contributed by atoms with Crippen LogP contribution in [0.15, 0.2) is 30.3 Å². The lowest BCUT2D eigenvalue weighted by atomic mass is 10.2. The minimum absolute atomic E-state index is 0.0367. The molecule has 0 aliphatic rings. The van der Waals surface area contributed by atoms with Gasteiger partial charge in [0.1, 0.15) is 11.5 Å². The van der Waals surface area contributed by atoms with E-state index in [2.05, 4.69) is 4.98 Å². The number of anilines is 1. The van der Waals surface area contributed by atoms with Crippen LogP contribution in [0.2, 0.25) is 10.0 Å². The van der Waals surface area contributed by atoms with Gasteiger partial charge in [-0.05, 0) is 24.3 Å². The number of hydrogen-bond acceptors (Lipinski definition) is 2. The van der Waals surface area contributed by atoms with Gasteiger partial charge in [-0.25, -0.2) is 13.8 Å². The number of nitrogens with zero attached hydrogens (tertiary/aromatic N) is 2. The van der Waals surface area contributed by atoms with Crippen molar-refractivity contribution in [2.24, 2.45) is 0 Å². The molecule has 0 saturated heterocycles. The lowest BCUT2D eigenvalue weighted by molar-refractivity contribution is 0.579. The predicted molar refractivity (Wildman–Crippen MR) is 75.4 cm³/mol. The molecule has 0 saturated carbocycles. The van der Waals surface area contributed by atoms with E-state index in [4.69, 9.17) is 28.9 Å². The second-order valence-electron chi connectivity index (χ2n) is 4.16. The summed E-state index contributed by atoms with van der Waals surface area (Å²) >= 11 is 11.8. The zero-order chi connectivity index (χ0) is 14.4. The first-order valence-electron chi connectivity index (χ1n) is 5.56. The first kappa shape index (κ1) is 13.1. The minimum Gasteiger partial charge on any atom is -0.369 e. The van der Waals surface area contributed by atoms with Gasteiger partial charge in [-0.1, -0.05) is 23.2 Å². The van der Waals surface area contributed by atoms with E-state index in [1.807, 2.05) is 0 Å². The third-order valence-electron chi connectivity index (χ3n) is 2.85. The highest BCUT2D eigenvalue weighted by molar-refractivity contribution is 6.32. The number of fused-ring (bicyclic) bond motifs is 1. The van der Waals surface area contributed by atoms with Crippen molar-refractivity contribution in [3.05, 3.63) is 52.0 Å². The zero-order valence-corrected chi connectivity index (χ0v) is 11.4. The molecule has 102 valence electrons. The summed E-state index contributed by atoms with van der Waals surface area (Å²) in [5.41, 5.74) is 6.78. The van der Waals surface area contributed by atoms with Crippen molar-refractivity contribution in [2.75, 3.05) is 5.73 Å². The molecule has 0 fully saturated rings. The van der Waals surface area contributed by atoms with E-state index in [1.165, 1.54) is 4.57 Å². The molecule has 2 aromatic carbocycles. The predicted octanol–water partition coefficient (Wildman–Crippen LogP) is 4.19. The van der Waals surface area contributed by atoms with E-state index in [-0.39, 0.29) is 16.7 Å².